The quantitative estimate of drug-likeness (QED) is 0.430. The maximum Gasteiger partial charge on any atom is 0.230 e. The average molecular weight is 283 g/mol. The summed E-state index contributed by atoms with van der Waals surface area (Å²) in [6, 6.07) is 18.4. The molecule has 1 heterocycles. The van der Waals surface area contributed by atoms with Gasteiger partial charge in [-0.2, -0.15) is 0 Å². The monoisotopic (exact) mass is 283 g/mol. The number of carbonyl (C=O) groups is 1. The molecule has 0 unspecified atom stereocenters. The number of benzene rings is 2. The first-order chi connectivity index (χ1) is 10.3. The van der Waals surface area contributed by atoms with Gasteiger partial charge >= 0.3 is 0 Å². The van der Waals surface area contributed by atoms with Crippen molar-refractivity contribution in [2.75, 3.05) is 0 Å². The smallest absolute Gasteiger partial charge is 0.230 e. The van der Waals surface area contributed by atoms with Gasteiger partial charge in [0.05, 0.1) is 5.39 Å². The summed E-state index contributed by atoms with van der Waals surface area (Å²) >= 11 is 0. The van der Waals surface area contributed by atoms with Crippen LogP contribution in [0.3, 0.4) is 0 Å². The molecule has 0 atom stereocenters. The van der Waals surface area contributed by atoms with E-state index < -0.39 is 0 Å². The molecular formula is C16H13NO4. The van der Waals surface area contributed by atoms with Crippen LogP contribution in [0.5, 0.6) is 0 Å². The molecule has 5 heteroatoms. The highest BCUT2D eigenvalue weighted by molar-refractivity contribution is 5.78. The molecule has 0 spiro atoms. The van der Waals surface area contributed by atoms with Crippen LogP contribution in [0.4, 0.5) is 0 Å². The van der Waals surface area contributed by atoms with Gasteiger partial charge < -0.3 is 4.42 Å². The molecule has 3 rings (SSSR count). The number of nitrogens with one attached hydrogen (secondary N) is 1. The van der Waals surface area contributed by atoms with Crippen LogP contribution in [0, 0.1) is 0 Å². The molecule has 0 saturated carbocycles. The van der Waals surface area contributed by atoms with E-state index in [4.69, 9.17) is 14.4 Å². The first-order valence-corrected chi connectivity index (χ1v) is 6.18. The lowest BCUT2D eigenvalue weighted by atomic mass is 10.1. The highest BCUT2D eigenvalue weighted by Crippen LogP contribution is 2.21. The fraction of sp³-hybridized carbons (Fsp3) is 0. The van der Waals surface area contributed by atoms with Gasteiger partial charge in [-0.3, -0.25) is 14.8 Å². The Morgan fingerprint density at radius 1 is 1.00 bits per heavy atom. The van der Waals surface area contributed by atoms with E-state index in [1.165, 1.54) is 11.5 Å². The van der Waals surface area contributed by atoms with Crippen molar-refractivity contribution >= 4 is 17.4 Å². The minimum Gasteiger partial charge on any atom is -0.456 e. The van der Waals surface area contributed by atoms with Gasteiger partial charge in [-0.15, -0.1) is 0 Å². The van der Waals surface area contributed by atoms with E-state index in [2.05, 4.69) is 0 Å². The third-order valence-corrected chi connectivity index (χ3v) is 2.75. The molecule has 1 amide bonds. The number of hydroxylamine groups is 1. The average Bonchev–Trinajstić information content (AvgIpc) is 2.56. The Balaban J connectivity index is 0.000000361. The van der Waals surface area contributed by atoms with Crippen molar-refractivity contribution in [3.63, 3.8) is 0 Å². The second-order valence-electron chi connectivity index (χ2n) is 4.08. The van der Waals surface area contributed by atoms with Crippen LogP contribution in [0.1, 0.15) is 0 Å². The Kier molecular flexibility index (Phi) is 4.84. The largest absolute Gasteiger partial charge is 0.456 e. The van der Waals surface area contributed by atoms with Gasteiger partial charge in [0, 0.05) is 11.6 Å². The Labute approximate surface area is 120 Å². The van der Waals surface area contributed by atoms with E-state index in [1.807, 2.05) is 48.5 Å². The normalized spacial score (nSPS) is 9.57. The van der Waals surface area contributed by atoms with Crippen LogP contribution in [-0.4, -0.2) is 11.6 Å². The van der Waals surface area contributed by atoms with E-state index in [0.717, 1.165) is 5.56 Å². The third kappa shape index (κ3) is 3.55. The second kappa shape index (κ2) is 7.02. The zero-order chi connectivity index (χ0) is 15.1. The van der Waals surface area contributed by atoms with E-state index in [1.54, 1.807) is 6.07 Å². The zero-order valence-corrected chi connectivity index (χ0v) is 11.0. The Morgan fingerprint density at radius 2 is 1.62 bits per heavy atom. The molecule has 106 valence electrons. The van der Waals surface area contributed by atoms with Gasteiger partial charge in [0.25, 0.3) is 0 Å². The predicted octanol–water partition coefficient (Wildman–Crippen LogP) is 2.58. The van der Waals surface area contributed by atoms with Gasteiger partial charge in [0.1, 0.15) is 11.3 Å². The Bertz CT molecular complexity index is 781. The lowest BCUT2D eigenvalue weighted by Gasteiger charge is -2.02. The molecule has 0 bridgehead atoms. The number of hydrogen-bond donors (Lipinski definition) is 2. The van der Waals surface area contributed by atoms with Crippen LogP contribution >= 0.6 is 0 Å². The number of amides is 1. The number of fused-ring (bicyclic) bond motifs is 1. The number of hydrogen-bond acceptors (Lipinski definition) is 4. The minimum atomic E-state index is -0.00861. The molecule has 21 heavy (non-hydrogen) atoms. The molecule has 5 nitrogen and oxygen atoms in total. The van der Waals surface area contributed by atoms with Crippen LogP contribution in [-0.2, 0) is 4.79 Å². The lowest BCUT2D eigenvalue weighted by Crippen LogP contribution is -1.99. The molecule has 0 fully saturated rings. The molecule has 0 aliphatic carbocycles. The molecule has 0 aliphatic heterocycles. The summed E-state index contributed by atoms with van der Waals surface area (Å²) < 4.78 is 5.73. The number of rotatable bonds is 2. The van der Waals surface area contributed by atoms with Crippen molar-refractivity contribution in [1.82, 2.24) is 5.48 Å². The van der Waals surface area contributed by atoms with Crippen molar-refractivity contribution in [3.05, 3.63) is 70.9 Å². The molecular weight excluding hydrogens is 270 g/mol. The molecule has 2 N–H and O–H groups in total. The number of carbonyl (C=O) groups excluding carboxylic acids is 1. The zero-order valence-electron chi connectivity index (χ0n) is 11.0. The highest BCUT2D eigenvalue weighted by atomic mass is 16.5. The highest BCUT2D eigenvalue weighted by Gasteiger charge is 2.05. The topological polar surface area (TPSA) is 79.5 Å². The first-order valence-electron chi connectivity index (χ1n) is 6.18. The summed E-state index contributed by atoms with van der Waals surface area (Å²) in [5, 5.41) is 7.87. The first kappa shape index (κ1) is 14.5. The third-order valence-electron chi connectivity index (χ3n) is 2.75. The lowest BCUT2D eigenvalue weighted by molar-refractivity contribution is -0.116. The van der Waals surface area contributed by atoms with Crippen molar-refractivity contribution in [3.8, 4) is 11.3 Å². The van der Waals surface area contributed by atoms with Gasteiger partial charge in [0.2, 0.25) is 6.41 Å². The van der Waals surface area contributed by atoms with Crippen molar-refractivity contribution < 1.29 is 14.4 Å². The van der Waals surface area contributed by atoms with Gasteiger partial charge in [-0.1, -0.05) is 42.5 Å². The van der Waals surface area contributed by atoms with Crippen LogP contribution in [0.2, 0.25) is 0 Å². The van der Waals surface area contributed by atoms with Crippen LogP contribution in [0.15, 0.2) is 69.9 Å². The van der Waals surface area contributed by atoms with Gasteiger partial charge in [0.15, 0.2) is 5.43 Å². The van der Waals surface area contributed by atoms with Crippen molar-refractivity contribution in [2.45, 2.75) is 0 Å². The van der Waals surface area contributed by atoms with E-state index in [9.17, 15) is 4.79 Å². The molecule has 0 aliphatic rings. The molecule has 0 radical (unpaired) electrons. The summed E-state index contributed by atoms with van der Waals surface area (Å²) in [4.78, 5) is 20.7. The van der Waals surface area contributed by atoms with Crippen molar-refractivity contribution in [1.29, 1.82) is 0 Å². The molecule has 1 aromatic heterocycles. The summed E-state index contributed by atoms with van der Waals surface area (Å²) in [5.74, 6) is 0.606. The number of para-hydroxylation sites is 1. The summed E-state index contributed by atoms with van der Waals surface area (Å²) in [5.41, 5.74) is 2.78. The SMILES string of the molecule is O=CNO.O=c1cc(-c2ccccc2)oc2ccccc12. The predicted molar refractivity (Wildman–Crippen MR) is 78.9 cm³/mol. The maximum atomic E-state index is 11.9. The van der Waals surface area contributed by atoms with Crippen LogP contribution < -0.4 is 10.9 Å². The second-order valence-corrected chi connectivity index (χ2v) is 4.08. The molecule has 0 saturated heterocycles. The summed E-state index contributed by atoms with van der Waals surface area (Å²) in [7, 11) is 0. The van der Waals surface area contributed by atoms with Crippen molar-refractivity contribution in [2.24, 2.45) is 0 Å². The fourth-order valence-corrected chi connectivity index (χ4v) is 1.85. The van der Waals surface area contributed by atoms with Gasteiger partial charge in [-0.25, -0.2) is 5.48 Å². The van der Waals surface area contributed by atoms with Gasteiger partial charge in [-0.05, 0) is 12.1 Å². The Morgan fingerprint density at radius 3 is 2.29 bits per heavy atom. The standard InChI is InChI=1S/C15H10O2.CH3NO2/c16-13-10-15(11-6-2-1-3-7-11)17-14-9-5-4-8-12(13)14;3-1-2-4/h1-10H;1,4H,(H,2,3). The van der Waals surface area contributed by atoms with E-state index >= 15 is 0 Å². The van der Waals surface area contributed by atoms with Crippen LogP contribution in [0.25, 0.3) is 22.3 Å². The molecule has 2 aromatic carbocycles. The maximum absolute atomic E-state index is 11.9. The van der Waals surface area contributed by atoms with E-state index in [0.29, 0.717) is 16.7 Å². The Hall–Kier alpha value is -2.92. The summed E-state index contributed by atoms with van der Waals surface area (Å²) in [6.07, 6.45) is 0.181. The minimum absolute atomic E-state index is 0.00861. The fourth-order valence-electron chi connectivity index (χ4n) is 1.85. The van der Waals surface area contributed by atoms with E-state index in [-0.39, 0.29) is 11.8 Å². The summed E-state index contributed by atoms with van der Waals surface area (Å²) in [6.45, 7) is 0. The molecule has 3 aromatic rings.